The molecule has 0 radical (unpaired) electrons. The summed E-state index contributed by atoms with van der Waals surface area (Å²) in [5, 5.41) is 0. The molecule has 0 aromatic heterocycles. The summed E-state index contributed by atoms with van der Waals surface area (Å²) in [5.41, 5.74) is 0.286. The number of fused-ring (bicyclic) bond motifs is 5. The number of hydrogen-bond acceptors (Lipinski definition) is 2. The molecule has 1 aromatic carbocycles. The minimum atomic E-state index is -3.46. The Balaban J connectivity index is 1.31. The fourth-order valence-corrected chi connectivity index (χ4v) is 10.2. The summed E-state index contributed by atoms with van der Waals surface area (Å²) >= 11 is 0. The highest BCUT2D eigenvalue weighted by Crippen LogP contribution is 2.64. The summed E-state index contributed by atoms with van der Waals surface area (Å²) in [7, 11) is -3.46. The van der Waals surface area contributed by atoms with Crippen LogP contribution in [0.25, 0.3) is 0 Å². The van der Waals surface area contributed by atoms with Gasteiger partial charge >= 0.3 is 0 Å². The van der Waals surface area contributed by atoms with Crippen molar-refractivity contribution in [3.05, 3.63) is 30.3 Å². The van der Waals surface area contributed by atoms with Gasteiger partial charge in [-0.3, -0.25) is 0 Å². The Hall–Kier alpha value is -0.870. The second-order valence-electron chi connectivity index (χ2n) is 11.8. The van der Waals surface area contributed by atoms with E-state index in [1.54, 1.807) is 24.3 Å². The van der Waals surface area contributed by atoms with Crippen LogP contribution < -0.4 is 4.72 Å². The predicted octanol–water partition coefficient (Wildman–Crippen LogP) is 6.26. The van der Waals surface area contributed by atoms with E-state index in [1.165, 1.54) is 57.8 Å². The van der Waals surface area contributed by atoms with E-state index in [9.17, 15) is 8.42 Å². The Labute approximate surface area is 189 Å². The molecule has 31 heavy (non-hydrogen) atoms. The highest BCUT2D eigenvalue weighted by molar-refractivity contribution is 7.89. The van der Waals surface area contributed by atoms with Crippen molar-refractivity contribution < 1.29 is 8.42 Å². The summed E-state index contributed by atoms with van der Waals surface area (Å²) in [6.07, 6.45) is 12.4. The van der Waals surface area contributed by atoms with Crippen molar-refractivity contribution in [1.82, 2.24) is 4.72 Å². The first-order valence-electron chi connectivity index (χ1n) is 12.9. The molecule has 0 spiro atoms. The number of hydrogen-bond donors (Lipinski definition) is 1. The maximum absolute atomic E-state index is 13.0. The van der Waals surface area contributed by atoms with Crippen LogP contribution >= 0.6 is 0 Å². The first-order chi connectivity index (χ1) is 14.8. The standard InChI is InChI=1S/C27H41NO2S/c1-18-9-11-22-20(17-18)10-12-24-23(22)15-16-27(3)25(13-14-26(24)27)19(2)28-31(29,30)21-7-5-4-6-8-21/h4-8,18-20,22-26,28H,9-17H2,1-3H3/t18-,19+,20+,22-,23?,24+,25?,26?,27+/m0/s1. The summed E-state index contributed by atoms with van der Waals surface area (Å²) < 4.78 is 29.0. The van der Waals surface area contributed by atoms with Crippen LogP contribution in [-0.2, 0) is 10.0 Å². The molecule has 0 bridgehead atoms. The lowest BCUT2D eigenvalue weighted by molar-refractivity contribution is -0.0694. The Bertz CT molecular complexity index is 884. The van der Waals surface area contributed by atoms with Gasteiger partial charge in [0.25, 0.3) is 0 Å². The molecule has 4 aliphatic rings. The highest BCUT2D eigenvalue weighted by Gasteiger charge is 2.57. The van der Waals surface area contributed by atoms with Gasteiger partial charge in [-0.25, -0.2) is 13.1 Å². The van der Waals surface area contributed by atoms with Crippen LogP contribution in [0.1, 0.15) is 78.6 Å². The van der Waals surface area contributed by atoms with Crippen LogP contribution in [0.5, 0.6) is 0 Å². The van der Waals surface area contributed by atoms with E-state index in [0.717, 1.165) is 35.5 Å². The molecule has 0 saturated heterocycles. The van der Waals surface area contributed by atoms with Crippen molar-refractivity contribution in [3.8, 4) is 0 Å². The lowest BCUT2D eigenvalue weighted by Crippen LogP contribution is -2.51. The molecule has 3 unspecified atom stereocenters. The normalized spacial score (nSPS) is 43.5. The number of sulfonamides is 1. The molecular formula is C27H41NO2S. The van der Waals surface area contributed by atoms with Gasteiger partial charge in [-0.15, -0.1) is 0 Å². The molecule has 5 rings (SSSR count). The number of benzene rings is 1. The van der Waals surface area contributed by atoms with Crippen molar-refractivity contribution in [2.75, 3.05) is 0 Å². The monoisotopic (exact) mass is 443 g/mol. The number of rotatable bonds is 4. The zero-order valence-electron chi connectivity index (χ0n) is 19.6. The molecule has 4 fully saturated rings. The Morgan fingerprint density at radius 1 is 0.935 bits per heavy atom. The van der Waals surface area contributed by atoms with Gasteiger partial charge in [0.2, 0.25) is 10.0 Å². The zero-order valence-corrected chi connectivity index (χ0v) is 20.4. The van der Waals surface area contributed by atoms with E-state index in [0.29, 0.717) is 10.8 Å². The third-order valence-electron chi connectivity index (χ3n) is 10.3. The van der Waals surface area contributed by atoms with Crippen molar-refractivity contribution in [2.45, 2.75) is 89.5 Å². The fraction of sp³-hybridized carbons (Fsp3) is 0.778. The molecule has 3 nitrogen and oxygen atoms in total. The van der Waals surface area contributed by atoms with E-state index in [4.69, 9.17) is 0 Å². The molecule has 9 atom stereocenters. The second-order valence-corrected chi connectivity index (χ2v) is 13.5. The molecule has 4 heteroatoms. The number of nitrogens with one attached hydrogen (secondary N) is 1. The largest absolute Gasteiger partial charge is 0.240 e. The molecule has 4 aliphatic carbocycles. The molecule has 4 saturated carbocycles. The molecule has 0 heterocycles. The lowest BCUT2D eigenvalue weighted by atomic mass is 9.49. The maximum atomic E-state index is 13.0. The SMILES string of the molecule is C[C@H]1CC[C@@H]2C3CC[C@@]4(C)C(CCC4[C@@H](C)NS(=O)(=O)c4ccccc4)[C@@H]3CC[C@@H]2C1. The average molecular weight is 444 g/mol. The molecule has 172 valence electrons. The third kappa shape index (κ3) is 3.80. The molecule has 1 N–H and O–H groups in total. The second kappa shape index (κ2) is 8.17. The Morgan fingerprint density at radius 2 is 1.68 bits per heavy atom. The van der Waals surface area contributed by atoms with Crippen molar-refractivity contribution in [1.29, 1.82) is 0 Å². The van der Waals surface area contributed by atoms with Crippen molar-refractivity contribution in [2.24, 2.45) is 46.8 Å². The average Bonchev–Trinajstić information content (AvgIpc) is 3.11. The summed E-state index contributed by atoms with van der Waals surface area (Å²) in [6, 6.07) is 8.85. The minimum absolute atomic E-state index is 0.0105. The van der Waals surface area contributed by atoms with E-state index < -0.39 is 10.0 Å². The predicted molar refractivity (Wildman–Crippen MR) is 126 cm³/mol. The van der Waals surface area contributed by atoms with Crippen LogP contribution in [-0.4, -0.2) is 14.5 Å². The first-order valence-corrected chi connectivity index (χ1v) is 14.4. The van der Waals surface area contributed by atoms with Gasteiger partial charge in [0.1, 0.15) is 0 Å². The van der Waals surface area contributed by atoms with E-state index in [1.807, 2.05) is 6.07 Å². The van der Waals surface area contributed by atoms with Crippen molar-refractivity contribution in [3.63, 3.8) is 0 Å². The molecule has 0 amide bonds. The topological polar surface area (TPSA) is 46.2 Å². The van der Waals surface area contributed by atoms with Gasteiger partial charge in [0.05, 0.1) is 4.90 Å². The molecule has 1 aromatic rings. The summed E-state index contributed by atoms with van der Waals surface area (Å²) in [6.45, 7) is 7.08. The van der Waals surface area contributed by atoms with Gasteiger partial charge in [0.15, 0.2) is 0 Å². The van der Waals surface area contributed by atoms with E-state index in [-0.39, 0.29) is 11.5 Å². The highest BCUT2D eigenvalue weighted by atomic mass is 32.2. The fourth-order valence-electron chi connectivity index (χ4n) is 8.94. The van der Waals surface area contributed by atoms with Gasteiger partial charge in [-0.1, -0.05) is 38.5 Å². The summed E-state index contributed by atoms with van der Waals surface area (Å²) in [5.74, 6) is 5.97. The van der Waals surface area contributed by atoms with Crippen LogP contribution in [0.4, 0.5) is 0 Å². The van der Waals surface area contributed by atoms with Crippen LogP contribution in [0.15, 0.2) is 35.2 Å². The van der Waals surface area contributed by atoms with Crippen molar-refractivity contribution >= 4 is 10.0 Å². The molecular weight excluding hydrogens is 402 g/mol. The maximum Gasteiger partial charge on any atom is 0.240 e. The third-order valence-corrected chi connectivity index (χ3v) is 11.9. The Kier molecular flexibility index (Phi) is 5.78. The van der Waals surface area contributed by atoms with Crippen LogP contribution in [0, 0.1) is 46.8 Å². The van der Waals surface area contributed by atoms with Gasteiger partial charge < -0.3 is 0 Å². The smallest absolute Gasteiger partial charge is 0.208 e. The van der Waals surface area contributed by atoms with E-state index >= 15 is 0 Å². The van der Waals surface area contributed by atoms with Gasteiger partial charge in [-0.2, -0.15) is 0 Å². The van der Waals surface area contributed by atoms with Crippen LogP contribution in [0.3, 0.4) is 0 Å². The minimum Gasteiger partial charge on any atom is -0.208 e. The lowest BCUT2D eigenvalue weighted by Gasteiger charge is -2.56. The van der Waals surface area contributed by atoms with Gasteiger partial charge in [-0.05, 0) is 117 Å². The first kappa shape index (κ1) is 21.9. The van der Waals surface area contributed by atoms with Gasteiger partial charge in [0, 0.05) is 6.04 Å². The zero-order chi connectivity index (χ0) is 21.8. The quantitative estimate of drug-likeness (QED) is 0.597. The van der Waals surface area contributed by atoms with Crippen LogP contribution in [0.2, 0.25) is 0 Å². The summed E-state index contributed by atoms with van der Waals surface area (Å²) in [4.78, 5) is 0.384. The van der Waals surface area contributed by atoms with E-state index in [2.05, 4.69) is 25.5 Å². The molecule has 0 aliphatic heterocycles. The Morgan fingerprint density at radius 3 is 2.45 bits per heavy atom.